The summed E-state index contributed by atoms with van der Waals surface area (Å²) in [5.41, 5.74) is 2.64. The van der Waals surface area contributed by atoms with E-state index in [9.17, 15) is 0 Å². The second-order valence-electron chi connectivity index (χ2n) is 9.30. The van der Waals surface area contributed by atoms with Crippen LogP contribution in [0.3, 0.4) is 0 Å². The van der Waals surface area contributed by atoms with Crippen LogP contribution in [0.15, 0.2) is 199 Å². The summed E-state index contributed by atoms with van der Waals surface area (Å²) in [5.74, 6) is 0. The van der Waals surface area contributed by atoms with E-state index in [0.29, 0.717) is 0 Å². The van der Waals surface area contributed by atoms with Crippen molar-refractivity contribution < 1.29 is 0 Å². The zero-order valence-electron chi connectivity index (χ0n) is 22.0. The van der Waals surface area contributed by atoms with E-state index in [2.05, 4.69) is 170 Å². The molecule has 0 unspecified atom stereocenters. The molecule has 40 heavy (non-hydrogen) atoms. The van der Waals surface area contributed by atoms with Gasteiger partial charge in [0.25, 0.3) is 0 Å². The summed E-state index contributed by atoms with van der Waals surface area (Å²) in [6.45, 7) is 0. The quantitative estimate of drug-likeness (QED) is 0.125. The van der Waals surface area contributed by atoms with Crippen molar-refractivity contribution in [1.29, 1.82) is 0 Å². The largest absolute Gasteiger partial charge is 0.166 e. The molecule has 0 saturated heterocycles. The Balaban J connectivity index is 1.18. The number of benzene rings is 6. The summed E-state index contributed by atoms with van der Waals surface area (Å²) in [6.07, 6.45) is 0. The van der Waals surface area contributed by atoms with Crippen molar-refractivity contribution in [3.63, 3.8) is 0 Å². The van der Waals surface area contributed by atoms with Gasteiger partial charge in [0, 0.05) is 14.7 Å². The second kappa shape index (κ2) is 13.1. The summed E-state index contributed by atoms with van der Waals surface area (Å²) in [6, 6.07) is 61.3. The molecule has 0 heterocycles. The fraction of sp³-hybridized carbons (Fsp3) is 0.0270. The Morgan fingerprint density at radius 3 is 1.15 bits per heavy atom. The van der Waals surface area contributed by atoms with Crippen LogP contribution >= 0.6 is 23.5 Å². The van der Waals surface area contributed by atoms with E-state index in [1.165, 1.54) is 40.5 Å². The molecule has 0 aliphatic heterocycles. The highest BCUT2D eigenvalue weighted by molar-refractivity contribution is 8.00. The van der Waals surface area contributed by atoms with Crippen LogP contribution in [-0.4, -0.2) is 0 Å². The van der Waals surface area contributed by atoms with E-state index in [1.54, 1.807) is 0 Å². The molecule has 0 bridgehead atoms. The summed E-state index contributed by atoms with van der Waals surface area (Å²) in [7, 11) is -0.122. The van der Waals surface area contributed by atoms with Crippen molar-refractivity contribution in [2.24, 2.45) is 0 Å². The molecule has 194 valence electrons. The summed E-state index contributed by atoms with van der Waals surface area (Å²) in [5, 5.41) is 0.261. The standard InChI is InChI=1S/C37H29S3/c1-5-13-29(14-6-1)37(30-15-7-2-8-16-30)39-33-23-21-31(22-24-33)38-32-25-27-36(28-26-32)40(34-17-9-3-10-18-34)35-19-11-4-12-20-35/h1-28,37H/q+1. The van der Waals surface area contributed by atoms with E-state index in [0.717, 1.165) is 0 Å². The number of hydrogen-bond donors (Lipinski definition) is 0. The normalized spacial score (nSPS) is 11.2. The third-order valence-electron chi connectivity index (χ3n) is 6.54. The lowest BCUT2D eigenvalue weighted by molar-refractivity contribution is 1.15. The third kappa shape index (κ3) is 6.56. The first-order chi connectivity index (χ1) is 19.8. The lowest BCUT2D eigenvalue weighted by Gasteiger charge is -2.18. The van der Waals surface area contributed by atoms with Gasteiger partial charge in [0.05, 0.1) is 16.1 Å². The van der Waals surface area contributed by atoms with E-state index in [4.69, 9.17) is 0 Å². The predicted octanol–water partition coefficient (Wildman–Crippen LogP) is 10.8. The Bertz CT molecular complexity index is 1520. The number of thioether (sulfide) groups is 1. The Labute approximate surface area is 248 Å². The molecular weight excluding hydrogens is 541 g/mol. The molecular formula is C37H29S3+. The van der Waals surface area contributed by atoms with Gasteiger partial charge < -0.3 is 0 Å². The first-order valence-electron chi connectivity index (χ1n) is 13.3. The van der Waals surface area contributed by atoms with Gasteiger partial charge in [0.2, 0.25) is 0 Å². The first kappa shape index (κ1) is 26.6. The summed E-state index contributed by atoms with van der Waals surface area (Å²) in [4.78, 5) is 7.78. The fourth-order valence-electron chi connectivity index (χ4n) is 4.61. The van der Waals surface area contributed by atoms with E-state index >= 15 is 0 Å². The highest BCUT2D eigenvalue weighted by Crippen LogP contribution is 2.41. The van der Waals surface area contributed by atoms with Crippen molar-refractivity contribution in [2.45, 2.75) is 34.6 Å². The molecule has 0 atom stereocenters. The fourth-order valence-corrected chi connectivity index (χ4v) is 8.66. The topological polar surface area (TPSA) is 0 Å². The van der Waals surface area contributed by atoms with Gasteiger partial charge in [0.1, 0.15) is 0 Å². The molecule has 0 nitrogen and oxygen atoms in total. The first-order valence-corrected chi connectivity index (χ1v) is 16.2. The van der Waals surface area contributed by atoms with Crippen LogP contribution < -0.4 is 0 Å². The third-order valence-corrected chi connectivity index (χ3v) is 11.1. The number of rotatable bonds is 9. The van der Waals surface area contributed by atoms with Gasteiger partial charge in [-0.25, -0.2) is 0 Å². The van der Waals surface area contributed by atoms with Crippen LogP contribution in [0.1, 0.15) is 16.4 Å². The van der Waals surface area contributed by atoms with Crippen LogP contribution in [0.4, 0.5) is 0 Å². The number of hydrogen-bond acceptors (Lipinski definition) is 2. The van der Waals surface area contributed by atoms with Crippen molar-refractivity contribution in [1.82, 2.24) is 0 Å². The monoisotopic (exact) mass is 569 g/mol. The minimum atomic E-state index is -0.122. The zero-order chi connectivity index (χ0) is 27.0. The molecule has 0 aliphatic rings. The molecule has 0 aromatic heterocycles. The van der Waals surface area contributed by atoms with Crippen molar-refractivity contribution in [3.05, 3.63) is 181 Å². The molecule has 0 saturated carbocycles. The molecule has 6 aromatic carbocycles. The molecule has 0 radical (unpaired) electrons. The SMILES string of the molecule is c1ccc(C(Sc2ccc(Sc3ccc([S+](c4ccccc4)c4ccccc4)cc3)cc2)c2ccccc2)cc1. The van der Waals surface area contributed by atoms with Crippen LogP contribution in [0.2, 0.25) is 0 Å². The highest BCUT2D eigenvalue weighted by atomic mass is 32.2. The Hall–Kier alpha value is -3.63. The van der Waals surface area contributed by atoms with Gasteiger partial charge in [-0.05, 0) is 83.9 Å². The maximum atomic E-state index is 2.29. The lowest BCUT2D eigenvalue weighted by Crippen LogP contribution is -2.04. The molecule has 0 aliphatic carbocycles. The molecule has 0 N–H and O–H groups in total. The molecule has 0 spiro atoms. The van der Waals surface area contributed by atoms with Gasteiger partial charge in [-0.2, -0.15) is 0 Å². The Morgan fingerprint density at radius 2 is 0.700 bits per heavy atom. The molecule has 6 rings (SSSR count). The second-order valence-corrected chi connectivity index (χ2v) is 13.6. The van der Waals surface area contributed by atoms with Gasteiger partial charge >= 0.3 is 0 Å². The van der Waals surface area contributed by atoms with Crippen LogP contribution in [-0.2, 0) is 10.9 Å². The van der Waals surface area contributed by atoms with Crippen LogP contribution in [0, 0.1) is 0 Å². The van der Waals surface area contributed by atoms with Crippen molar-refractivity contribution in [2.75, 3.05) is 0 Å². The maximum Gasteiger partial charge on any atom is 0.166 e. The van der Waals surface area contributed by atoms with Crippen molar-refractivity contribution >= 4 is 34.4 Å². The smallest absolute Gasteiger partial charge is 0.113 e. The average molecular weight is 570 g/mol. The zero-order valence-corrected chi connectivity index (χ0v) is 24.4. The summed E-state index contributed by atoms with van der Waals surface area (Å²) < 4.78 is 0. The van der Waals surface area contributed by atoms with Crippen LogP contribution in [0.5, 0.6) is 0 Å². The molecule has 3 heteroatoms. The summed E-state index contributed by atoms with van der Waals surface area (Å²) >= 11 is 3.72. The van der Waals surface area contributed by atoms with E-state index in [1.807, 2.05) is 23.5 Å². The minimum Gasteiger partial charge on any atom is -0.113 e. The Kier molecular flexibility index (Phi) is 8.74. The van der Waals surface area contributed by atoms with Crippen molar-refractivity contribution in [3.8, 4) is 0 Å². The van der Waals surface area contributed by atoms with Gasteiger partial charge in [-0.3, -0.25) is 0 Å². The minimum absolute atomic E-state index is 0.122. The van der Waals surface area contributed by atoms with Gasteiger partial charge in [0.15, 0.2) is 14.7 Å². The molecule has 0 fully saturated rings. The average Bonchev–Trinajstić information content (AvgIpc) is 3.03. The predicted molar refractivity (Wildman–Crippen MR) is 173 cm³/mol. The van der Waals surface area contributed by atoms with E-state index < -0.39 is 0 Å². The maximum absolute atomic E-state index is 2.29. The lowest BCUT2D eigenvalue weighted by atomic mass is 10.0. The van der Waals surface area contributed by atoms with Crippen LogP contribution in [0.25, 0.3) is 0 Å². The van der Waals surface area contributed by atoms with Gasteiger partial charge in [-0.1, -0.05) is 109 Å². The van der Waals surface area contributed by atoms with E-state index in [-0.39, 0.29) is 16.1 Å². The molecule has 6 aromatic rings. The van der Waals surface area contributed by atoms with Gasteiger partial charge in [-0.15, -0.1) is 11.8 Å². The highest BCUT2D eigenvalue weighted by Gasteiger charge is 2.28. The Morgan fingerprint density at radius 1 is 0.350 bits per heavy atom. The molecule has 0 amide bonds.